The maximum atomic E-state index is 10.5. The second-order valence-corrected chi connectivity index (χ2v) is 7.98. The van der Waals surface area contributed by atoms with Crippen molar-refractivity contribution in [1.82, 2.24) is 10.2 Å². The van der Waals surface area contributed by atoms with Crippen LogP contribution in [0.1, 0.15) is 25.7 Å². The molecular formula is C11H17N3O2S3. The van der Waals surface area contributed by atoms with Crippen molar-refractivity contribution in [2.45, 2.75) is 34.8 Å². The van der Waals surface area contributed by atoms with Gasteiger partial charge in [0.25, 0.3) is 0 Å². The maximum Gasteiger partial charge on any atom is 0.313 e. The lowest BCUT2D eigenvalue weighted by Gasteiger charge is -2.26. The third-order valence-electron chi connectivity index (χ3n) is 3.24. The van der Waals surface area contributed by atoms with E-state index in [1.54, 1.807) is 0 Å². The Kier molecular flexibility index (Phi) is 5.35. The van der Waals surface area contributed by atoms with Crippen molar-refractivity contribution in [2.24, 2.45) is 0 Å². The minimum atomic E-state index is -0.831. The first-order chi connectivity index (χ1) is 9.13. The zero-order valence-corrected chi connectivity index (χ0v) is 13.2. The fraction of sp³-hybridized carbons (Fsp3) is 0.727. The Morgan fingerprint density at radius 2 is 2.21 bits per heavy atom. The summed E-state index contributed by atoms with van der Waals surface area (Å²) in [6, 6.07) is 0. The highest BCUT2D eigenvalue weighted by Crippen LogP contribution is 2.40. The normalized spacial score (nSPS) is 17.5. The van der Waals surface area contributed by atoms with E-state index in [0.29, 0.717) is 9.09 Å². The standard InChI is InChI=1S/C11H17N3O2S3/c1-17-11(4-2-3-5-11)7-12-9-13-14-10(19-9)18-6-8(15)16/h2-7H2,1H3,(H,12,13)(H,15,16). The van der Waals surface area contributed by atoms with Crippen molar-refractivity contribution in [3.8, 4) is 0 Å². The molecule has 0 saturated heterocycles. The summed E-state index contributed by atoms with van der Waals surface area (Å²) < 4.78 is 1.04. The van der Waals surface area contributed by atoms with Crippen molar-refractivity contribution in [2.75, 3.05) is 23.9 Å². The summed E-state index contributed by atoms with van der Waals surface area (Å²) >= 11 is 4.57. The number of nitrogens with one attached hydrogen (secondary N) is 1. The number of nitrogens with zero attached hydrogens (tertiary/aromatic N) is 2. The van der Waals surface area contributed by atoms with Gasteiger partial charge in [-0.25, -0.2) is 0 Å². The van der Waals surface area contributed by atoms with Crippen LogP contribution in [0.2, 0.25) is 0 Å². The molecule has 0 radical (unpaired) electrons. The van der Waals surface area contributed by atoms with Crippen molar-refractivity contribution in [3.63, 3.8) is 0 Å². The Hall–Kier alpha value is -0.470. The second-order valence-electron chi connectivity index (χ2n) is 4.50. The number of carbonyl (C=O) groups is 1. The average molecular weight is 319 g/mol. The number of hydrogen-bond donors (Lipinski definition) is 2. The molecule has 1 aliphatic carbocycles. The number of aromatic nitrogens is 2. The van der Waals surface area contributed by atoms with E-state index in [1.165, 1.54) is 48.8 Å². The van der Waals surface area contributed by atoms with E-state index in [1.807, 2.05) is 11.8 Å². The lowest BCUT2D eigenvalue weighted by Crippen LogP contribution is -2.29. The summed E-state index contributed by atoms with van der Waals surface area (Å²) in [6.45, 7) is 0.909. The second kappa shape index (κ2) is 6.81. The monoisotopic (exact) mass is 319 g/mol. The highest BCUT2D eigenvalue weighted by atomic mass is 32.2. The zero-order valence-electron chi connectivity index (χ0n) is 10.7. The van der Waals surface area contributed by atoms with E-state index in [9.17, 15) is 4.79 Å². The molecule has 106 valence electrons. The molecule has 0 atom stereocenters. The Morgan fingerprint density at radius 3 is 2.84 bits per heavy atom. The van der Waals surface area contributed by atoms with Gasteiger partial charge in [0.2, 0.25) is 5.13 Å². The predicted molar refractivity (Wildman–Crippen MR) is 81.5 cm³/mol. The van der Waals surface area contributed by atoms with Gasteiger partial charge in [0, 0.05) is 11.3 Å². The summed E-state index contributed by atoms with van der Waals surface area (Å²) in [5.74, 6) is -0.800. The number of hydrogen-bond acceptors (Lipinski definition) is 7. The van der Waals surface area contributed by atoms with Crippen LogP contribution >= 0.6 is 34.9 Å². The van der Waals surface area contributed by atoms with E-state index in [0.717, 1.165) is 11.7 Å². The largest absolute Gasteiger partial charge is 0.481 e. The molecule has 1 aliphatic rings. The smallest absolute Gasteiger partial charge is 0.313 e. The fourth-order valence-corrected chi connectivity index (χ4v) is 4.55. The van der Waals surface area contributed by atoms with Gasteiger partial charge >= 0.3 is 5.97 Å². The minimum absolute atomic E-state index is 0.0311. The van der Waals surface area contributed by atoms with E-state index < -0.39 is 5.97 Å². The molecule has 1 fully saturated rings. The van der Waals surface area contributed by atoms with Gasteiger partial charge in [0.05, 0.1) is 5.75 Å². The molecule has 19 heavy (non-hydrogen) atoms. The van der Waals surface area contributed by atoms with Crippen LogP contribution in [-0.4, -0.2) is 44.6 Å². The molecule has 1 heterocycles. The number of aliphatic carboxylic acids is 1. The third kappa shape index (κ3) is 4.25. The van der Waals surface area contributed by atoms with Gasteiger partial charge in [-0.15, -0.1) is 10.2 Å². The SMILES string of the molecule is CSC1(CNc2nnc(SCC(=O)O)s2)CCCC1. The van der Waals surface area contributed by atoms with Gasteiger partial charge in [0.1, 0.15) is 0 Å². The van der Waals surface area contributed by atoms with Gasteiger partial charge in [-0.2, -0.15) is 11.8 Å². The van der Waals surface area contributed by atoms with E-state index in [2.05, 4.69) is 21.8 Å². The van der Waals surface area contributed by atoms with Crippen LogP contribution < -0.4 is 5.32 Å². The fourth-order valence-electron chi connectivity index (χ4n) is 2.17. The molecule has 1 aromatic rings. The van der Waals surface area contributed by atoms with E-state index in [-0.39, 0.29) is 5.75 Å². The van der Waals surface area contributed by atoms with Crippen molar-refractivity contribution in [1.29, 1.82) is 0 Å². The average Bonchev–Trinajstić information content (AvgIpc) is 3.04. The van der Waals surface area contributed by atoms with Crippen LogP contribution in [-0.2, 0) is 4.79 Å². The molecule has 0 amide bonds. The van der Waals surface area contributed by atoms with Crippen LogP contribution in [0.3, 0.4) is 0 Å². The highest BCUT2D eigenvalue weighted by molar-refractivity contribution is 8.01. The van der Waals surface area contributed by atoms with E-state index in [4.69, 9.17) is 5.11 Å². The van der Waals surface area contributed by atoms with Crippen LogP contribution in [0.4, 0.5) is 5.13 Å². The Morgan fingerprint density at radius 1 is 1.47 bits per heavy atom. The van der Waals surface area contributed by atoms with Crippen molar-refractivity contribution >= 4 is 46.0 Å². The summed E-state index contributed by atoms with van der Waals surface area (Å²) in [5.41, 5.74) is 0. The molecule has 1 saturated carbocycles. The van der Waals surface area contributed by atoms with Gasteiger partial charge in [-0.05, 0) is 19.1 Å². The first-order valence-electron chi connectivity index (χ1n) is 6.11. The highest BCUT2D eigenvalue weighted by Gasteiger charge is 2.32. The van der Waals surface area contributed by atoms with Crippen molar-refractivity contribution in [3.05, 3.63) is 0 Å². The maximum absolute atomic E-state index is 10.5. The van der Waals surface area contributed by atoms with E-state index >= 15 is 0 Å². The molecule has 1 aromatic heterocycles. The number of carboxylic acid groups (broad SMARTS) is 1. The van der Waals surface area contributed by atoms with Gasteiger partial charge in [0.15, 0.2) is 4.34 Å². The van der Waals surface area contributed by atoms with Gasteiger partial charge in [-0.1, -0.05) is 35.9 Å². The van der Waals surface area contributed by atoms with Crippen LogP contribution in [0.25, 0.3) is 0 Å². The summed E-state index contributed by atoms with van der Waals surface area (Å²) in [7, 11) is 0. The quantitative estimate of drug-likeness (QED) is 0.748. The first kappa shape index (κ1) is 14.9. The summed E-state index contributed by atoms with van der Waals surface area (Å²) in [6.07, 6.45) is 7.28. The molecule has 0 aromatic carbocycles. The molecule has 5 nitrogen and oxygen atoms in total. The molecular weight excluding hydrogens is 302 g/mol. The Labute approximate surface area is 125 Å². The van der Waals surface area contributed by atoms with Gasteiger partial charge in [-0.3, -0.25) is 4.79 Å². The van der Waals surface area contributed by atoms with Crippen LogP contribution in [0, 0.1) is 0 Å². The Balaban J connectivity index is 1.84. The molecule has 0 bridgehead atoms. The minimum Gasteiger partial charge on any atom is -0.481 e. The van der Waals surface area contributed by atoms with Crippen LogP contribution in [0.5, 0.6) is 0 Å². The number of carboxylic acids is 1. The molecule has 0 unspecified atom stereocenters. The lowest BCUT2D eigenvalue weighted by atomic mass is 10.1. The molecule has 0 spiro atoms. The number of anilines is 1. The topological polar surface area (TPSA) is 75.1 Å². The molecule has 2 rings (SSSR count). The molecule has 0 aliphatic heterocycles. The summed E-state index contributed by atoms with van der Waals surface area (Å²) in [4.78, 5) is 10.5. The molecule has 8 heteroatoms. The zero-order chi connectivity index (χ0) is 13.7. The predicted octanol–water partition coefficient (Wildman–Crippen LogP) is 2.80. The lowest BCUT2D eigenvalue weighted by molar-refractivity contribution is -0.133. The Bertz CT molecular complexity index is 433. The van der Waals surface area contributed by atoms with Crippen molar-refractivity contribution < 1.29 is 9.90 Å². The number of rotatable bonds is 7. The summed E-state index contributed by atoms with van der Waals surface area (Å²) in [5, 5.41) is 20.8. The van der Waals surface area contributed by atoms with Crippen LogP contribution in [0.15, 0.2) is 4.34 Å². The van der Waals surface area contributed by atoms with Gasteiger partial charge < -0.3 is 10.4 Å². The molecule has 2 N–H and O–H groups in total. The number of thioether (sulfide) groups is 2. The third-order valence-corrected chi connectivity index (χ3v) is 6.65. The first-order valence-corrected chi connectivity index (χ1v) is 9.13.